The highest BCUT2D eigenvalue weighted by Crippen LogP contribution is 2.28. The Morgan fingerprint density at radius 3 is 2.40 bits per heavy atom. The van der Waals surface area contributed by atoms with Crippen LogP contribution in [0.25, 0.3) is 0 Å². The van der Waals surface area contributed by atoms with E-state index < -0.39 is 17.4 Å². The van der Waals surface area contributed by atoms with Crippen LogP contribution in [0.5, 0.6) is 0 Å². The molecule has 0 unspecified atom stereocenters. The van der Waals surface area contributed by atoms with Crippen molar-refractivity contribution < 1.29 is 13.2 Å². The molecule has 0 aliphatic rings. The zero-order chi connectivity index (χ0) is 11.6. The minimum Gasteiger partial charge on any atom is -0.291 e. The topological polar surface area (TPSA) is 37.8 Å². The Kier molecular flexibility index (Phi) is 3.26. The van der Waals surface area contributed by atoms with Gasteiger partial charge in [0.1, 0.15) is 5.69 Å². The minimum atomic E-state index is -4.49. The number of nitrogens with one attached hydrogen (secondary N) is 1. The highest BCUT2D eigenvalue weighted by Gasteiger charge is 2.36. The molecule has 1 N–H and O–H groups in total. The average molecular weight is 222 g/mol. The van der Waals surface area contributed by atoms with Gasteiger partial charge in [-0.25, -0.2) is 0 Å². The summed E-state index contributed by atoms with van der Waals surface area (Å²) in [4.78, 5) is 11.4. The van der Waals surface area contributed by atoms with Crippen LogP contribution < -0.4 is 5.56 Å². The second-order valence-corrected chi connectivity index (χ2v) is 3.42. The number of unbranched alkanes of at least 4 members (excludes halogenated alkanes) is 1. The molecule has 0 radical (unpaired) electrons. The number of aromatic nitrogens is 2. The first-order chi connectivity index (χ1) is 6.88. The first kappa shape index (κ1) is 11.9. The summed E-state index contributed by atoms with van der Waals surface area (Å²) in [5, 5.41) is 2.10. The molecule has 15 heavy (non-hydrogen) atoms. The Bertz CT molecular complexity index is 389. The fraction of sp³-hybridized carbons (Fsp3) is 0.667. The number of nitrogens with zero attached hydrogens (tertiary/aromatic N) is 1. The van der Waals surface area contributed by atoms with E-state index in [-0.39, 0.29) is 5.56 Å². The molecule has 0 aliphatic carbocycles. The molecule has 0 saturated carbocycles. The molecule has 1 rings (SSSR count). The van der Waals surface area contributed by atoms with Crippen molar-refractivity contribution in [3.8, 4) is 0 Å². The second kappa shape index (κ2) is 4.12. The maximum atomic E-state index is 12.4. The largest absolute Gasteiger partial charge is 0.433 e. The predicted octanol–water partition coefficient (Wildman–Crippen LogP) is 2.30. The summed E-state index contributed by atoms with van der Waals surface area (Å²) in [6.07, 6.45) is -2.98. The van der Waals surface area contributed by atoms with Crippen molar-refractivity contribution in [3.63, 3.8) is 0 Å². The highest BCUT2D eigenvalue weighted by molar-refractivity contribution is 5.18. The Hall–Kier alpha value is -1.20. The van der Waals surface area contributed by atoms with Crippen LogP contribution in [0.15, 0.2) is 4.79 Å². The molecule has 0 bridgehead atoms. The van der Waals surface area contributed by atoms with Gasteiger partial charge in [0.15, 0.2) is 0 Å². The van der Waals surface area contributed by atoms with Crippen LogP contribution in [0.1, 0.15) is 31.0 Å². The lowest BCUT2D eigenvalue weighted by atomic mass is 10.3. The Labute approximate surface area is 84.9 Å². The van der Waals surface area contributed by atoms with Gasteiger partial charge in [0.05, 0.1) is 0 Å². The van der Waals surface area contributed by atoms with Crippen LogP contribution in [0.4, 0.5) is 13.2 Å². The maximum Gasteiger partial charge on any atom is 0.433 e. The van der Waals surface area contributed by atoms with Gasteiger partial charge in [0.25, 0.3) is 5.56 Å². The fourth-order valence-electron chi connectivity index (χ4n) is 1.33. The molecule has 86 valence electrons. The molecule has 6 heteroatoms. The number of alkyl halides is 3. The molecule has 0 amide bonds. The smallest absolute Gasteiger partial charge is 0.291 e. The minimum absolute atomic E-state index is 0.265. The molecular formula is C9H13F3N2O. The predicted molar refractivity (Wildman–Crippen MR) is 49.7 cm³/mol. The van der Waals surface area contributed by atoms with E-state index in [2.05, 4.69) is 5.10 Å². The molecule has 1 aromatic rings. The van der Waals surface area contributed by atoms with E-state index in [1.165, 1.54) is 6.92 Å². The molecule has 0 saturated heterocycles. The van der Waals surface area contributed by atoms with Gasteiger partial charge < -0.3 is 0 Å². The molecule has 0 aliphatic heterocycles. The van der Waals surface area contributed by atoms with Gasteiger partial charge in [0, 0.05) is 12.1 Å². The lowest BCUT2D eigenvalue weighted by molar-refractivity contribution is -0.141. The molecular weight excluding hydrogens is 209 g/mol. The summed E-state index contributed by atoms with van der Waals surface area (Å²) >= 11 is 0. The van der Waals surface area contributed by atoms with Crippen LogP contribution in [0, 0.1) is 6.92 Å². The first-order valence-corrected chi connectivity index (χ1v) is 4.74. The Morgan fingerprint density at radius 2 is 2.00 bits per heavy atom. The molecule has 0 aromatic carbocycles. The number of rotatable bonds is 3. The van der Waals surface area contributed by atoms with Crippen molar-refractivity contribution in [3.05, 3.63) is 21.6 Å². The average Bonchev–Trinajstić information content (AvgIpc) is 2.41. The third-order valence-electron chi connectivity index (χ3n) is 2.21. The molecule has 3 nitrogen and oxygen atoms in total. The highest BCUT2D eigenvalue weighted by atomic mass is 19.4. The van der Waals surface area contributed by atoms with Crippen molar-refractivity contribution in [1.82, 2.24) is 9.78 Å². The monoisotopic (exact) mass is 222 g/mol. The standard InChI is InChI=1S/C9H13F3N2O/c1-3-4-5-14-8(15)6(2)7(13-14)9(10,11)12/h13H,3-5H2,1-2H3. The van der Waals surface area contributed by atoms with Crippen LogP contribution >= 0.6 is 0 Å². The van der Waals surface area contributed by atoms with Gasteiger partial charge >= 0.3 is 6.18 Å². The normalized spacial score (nSPS) is 12.1. The molecule has 1 heterocycles. The lowest BCUT2D eigenvalue weighted by Crippen LogP contribution is -2.17. The zero-order valence-corrected chi connectivity index (χ0v) is 8.61. The second-order valence-electron chi connectivity index (χ2n) is 3.42. The van der Waals surface area contributed by atoms with E-state index in [9.17, 15) is 18.0 Å². The Morgan fingerprint density at radius 1 is 1.40 bits per heavy atom. The summed E-state index contributed by atoms with van der Waals surface area (Å²) in [5.74, 6) is 0. The summed E-state index contributed by atoms with van der Waals surface area (Å²) in [6.45, 7) is 3.39. The van der Waals surface area contributed by atoms with Crippen molar-refractivity contribution in [2.75, 3.05) is 0 Å². The van der Waals surface area contributed by atoms with Gasteiger partial charge in [-0.3, -0.25) is 14.6 Å². The zero-order valence-electron chi connectivity index (χ0n) is 8.61. The van der Waals surface area contributed by atoms with Gasteiger partial charge in [-0.15, -0.1) is 0 Å². The van der Waals surface area contributed by atoms with Gasteiger partial charge in [0.2, 0.25) is 0 Å². The maximum absolute atomic E-state index is 12.4. The van der Waals surface area contributed by atoms with E-state index in [0.29, 0.717) is 13.0 Å². The van der Waals surface area contributed by atoms with E-state index in [0.717, 1.165) is 11.1 Å². The quantitative estimate of drug-likeness (QED) is 0.837. The van der Waals surface area contributed by atoms with E-state index in [1.807, 2.05) is 6.92 Å². The number of halogens is 3. The lowest BCUT2D eigenvalue weighted by Gasteiger charge is -2.04. The molecule has 0 atom stereocenters. The van der Waals surface area contributed by atoms with Crippen LogP contribution in [-0.2, 0) is 12.7 Å². The third kappa shape index (κ3) is 2.43. The van der Waals surface area contributed by atoms with Crippen LogP contribution in [0.2, 0.25) is 0 Å². The molecule has 1 aromatic heterocycles. The number of hydrogen-bond donors (Lipinski definition) is 1. The third-order valence-corrected chi connectivity index (χ3v) is 2.21. The van der Waals surface area contributed by atoms with Crippen molar-refractivity contribution in [2.24, 2.45) is 0 Å². The summed E-state index contributed by atoms with van der Waals surface area (Å²) < 4.78 is 38.2. The number of aromatic amines is 1. The molecule has 0 fully saturated rings. The van der Waals surface area contributed by atoms with Gasteiger partial charge in [-0.2, -0.15) is 13.2 Å². The van der Waals surface area contributed by atoms with Crippen molar-refractivity contribution in [2.45, 2.75) is 39.4 Å². The van der Waals surface area contributed by atoms with Crippen LogP contribution in [-0.4, -0.2) is 9.78 Å². The van der Waals surface area contributed by atoms with Gasteiger partial charge in [-0.1, -0.05) is 13.3 Å². The van der Waals surface area contributed by atoms with Crippen molar-refractivity contribution in [1.29, 1.82) is 0 Å². The summed E-state index contributed by atoms with van der Waals surface area (Å²) in [7, 11) is 0. The van der Waals surface area contributed by atoms with Crippen LogP contribution in [0.3, 0.4) is 0 Å². The number of hydrogen-bond acceptors (Lipinski definition) is 1. The first-order valence-electron chi connectivity index (χ1n) is 4.74. The SMILES string of the molecule is CCCCn1[nH]c(C(F)(F)F)c(C)c1=O. The van der Waals surface area contributed by atoms with E-state index in [4.69, 9.17) is 0 Å². The Balaban J connectivity index is 3.08. The van der Waals surface area contributed by atoms with E-state index >= 15 is 0 Å². The van der Waals surface area contributed by atoms with Crippen molar-refractivity contribution >= 4 is 0 Å². The summed E-state index contributed by atoms with van der Waals surface area (Å²) in [6, 6.07) is 0. The van der Waals surface area contributed by atoms with E-state index in [1.54, 1.807) is 0 Å². The number of H-pyrrole nitrogens is 1. The molecule has 0 spiro atoms. The summed E-state index contributed by atoms with van der Waals surface area (Å²) in [5.41, 5.74) is -1.79. The van der Waals surface area contributed by atoms with Gasteiger partial charge in [-0.05, 0) is 13.3 Å². The fourth-order valence-corrected chi connectivity index (χ4v) is 1.33. The number of aryl methyl sites for hydroxylation is 1.